The molecule has 5 heteroatoms. The highest BCUT2D eigenvalue weighted by Gasteiger charge is 2.47. The lowest BCUT2D eigenvalue weighted by Gasteiger charge is -2.23. The molecule has 0 spiro atoms. The van der Waals surface area contributed by atoms with Crippen molar-refractivity contribution >= 4 is 17.4 Å². The van der Waals surface area contributed by atoms with Crippen LogP contribution in [0, 0.1) is 13.8 Å². The minimum atomic E-state index is -0.787. The van der Waals surface area contributed by atoms with Gasteiger partial charge in [0, 0.05) is 12.1 Å². The number of ketones is 1. The lowest BCUT2D eigenvalue weighted by molar-refractivity contribution is -0.140. The molecular weight excluding hydrogens is 366 g/mol. The van der Waals surface area contributed by atoms with Crippen molar-refractivity contribution in [3.05, 3.63) is 101 Å². The SMILES string of the molecule is Cc1ccc(/C(O)=C2\C(=O)C(=O)N(Cc3ccccc3)C2c2ccc(C)o2)cc1. The zero-order chi connectivity index (χ0) is 20.5. The van der Waals surface area contributed by atoms with Crippen LogP contribution in [-0.2, 0) is 16.1 Å². The lowest BCUT2D eigenvalue weighted by Crippen LogP contribution is -2.29. The number of benzene rings is 2. The number of furan rings is 1. The summed E-state index contributed by atoms with van der Waals surface area (Å²) in [5, 5.41) is 11.0. The standard InChI is InChI=1S/C24H21NO4/c1-15-8-11-18(12-9-15)22(26)20-21(19-13-10-16(2)29-19)25(24(28)23(20)27)14-17-6-4-3-5-7-17/h3-13,21,26H,14H2,1-2H3/b22-20+. The van der Waals surface area contributed by atoms with E-state index in [0.29, 0.717) is 17.1 Å². The van der Waals surface area contributed by atoms with Crippen molar-refractivity contribution in [3.8, 4) is 0 Å². The van der Waals surface area contributed by atoms with E-state index in [2.05, 4.69) is 0 Å². The Kier molecular flexibility index (Phi) is 4.80. The van der Waals surface area contributed by atoms with E-state index >= 15 is 0 Å². The van der Waals surface area contributed by atoms with Crippen LogP contribution in [0.15, 0.2) is 76.7 Å². The van der Waals surface area contributed by atoms with Gasteiger partial charge in [0.15, 0.2) is 0 Å². The average molecular weight is 387 g/mol. The number of amides is 1. The summed E-state index contributed by atoms with van der Waals surface area (Å²) >= 11 is 0. The van der Waals surface area contributed by atoms with Gasteiger partial charge >= 0.3 is 0 Å². The first-order valence-corrected chi connectivity index (χ1v) is 9.41. The van der Waals surface area contributed by atoms with Gasteiger partial charge in [-0.3, -0.25) is 9.59 Å². The summed E-state index contributed by atoms with van der Waals surface area (Å²) < 4.78 is 5.78. The molecule has 3 aromatic rings. The summed E-state index contributed by atoms with van der Waals surface area (Å²) in [7, 11) is 0. The third-order valence-corrected chi connectivity index (χ3v) is 5.09. The van der Waals surface area contributed by atoms with Gasteiger partial charge in [-0.15, -0.1) is 0 Å². The van der Waals surface area contributed by atoms with E-state index in [1.807, 2.05) is 49.4 Å². The Morgan fingerprint density at radius 3 is 2.28 bits per heavy atom. The Balaban J connectivity index is 1.84. The van der Waals surface area contributed by atoms with Gasteiger partial charge in [0.1, 0.15) is 23.3 Å². The Bertz CT molecular complexity index is 1090. The van der Waals surface area contributed by atoms with Gasteiger partial charge in [0.25, 0.3) is 11.7 Å². The molecule has 29 heavy (non-hydrogen) atoms. The fourth-order valence-electron chi connectivity index (χ4n) is 3.59. The van der Waals surface area contributed by atoms with Crippen molar-refractivity contribution in [1.82, 2.24) is 4.90 Å². The molecule has 1 aliphatic heterocycles. The highest BCUT2D eigenvalue weighted by atomic mass is 16.3. The highest BCUT2D eigenvalue weighted by Crippen LogP contribution is 2.40. The van der Waals surface area contributed by atoms with E-state index in [1.165, 1.54) is 4.90 Å². The molecule has 5 nitrogen and oxygen atoms in total. The highest BCUT2D eigenvalue weighted by molar-refractivity contribution is 6.46. The molecule has 2 heterocycles. The van der Waals surface area contributed by atoms with Gasteiger partial charge in [0.05, 0.1) is 5.57 Å². The number of Topliss-reactive ketones (excluding diaryl/α,β-unsaturated/α-hetero) is 1. The van der Waals surface area contributed by atoms with Gasteiger partial charge in [-0.2, -0.15) is 0 Å². The summed E-state index contributed by atoms with van der Waals surface area (Å²) in [5.41, 5.74) is 2.45. The first kappa shape index (κ1) is 18.7. The number of likely N-dealkylation sites (tertiary alicyclic amines) is 1. The number of aliphatic hydroxyl groups excluding tert-OH is 1. The fourth-order valence-corrected chi connectivity index (χ4v) is 3.59. The molecule has 1 fully saturated rings. The van der Waals surface area contributed by atoms with Crippen LogP contribution in [-0.4, -0.2) is 21.7 Å². The number of hydrogen-bond acceptors (Lipinski definition) is 4. The molecule has 1 N–H and O–H groups in total. The molecule has 0 bridgehead atoms. The van der Waals surface area contributed by atoms with E-state index in [1.54, 1.807) is 31.2 Å². The smallest absolute Gasteiger partial charge is 0.296 e. The van der Waals surface area contributed by atoms with Gasteiger partial charge in [0.2, 0.25) is 0 Å². The second-order valence-electron chi connectivity index (χ2n) is 7.23. The number of rotatable bonds is 4. The maximum atomic E-state index is 12.9. The Hall–Kier alpha value is -3.60. The maximum absolute atomic E-state index is 12.9. The Morgan fingerprint density at radius 2 is 1.66 bits per heavy atom. The van der Waals surface area contributed by atoms with Gasteiger partial charge < -0.3 is 14.4 Å². The third kappa shape index (κ3) is 3.47. The van der Waals surface area contributed by atoms with Gasteiger partial charge in [-0.05, 0) is 31.5 Å². The summed E-state index contributed by atoms with van der Waals surface area (Å²) in [6.45, 7) is 3.97. The summed E-state index contributed by atoms with van der Waals surface area (Å²) in [6.07, 6.45) is 0. The second kappa shape index (κ2) is 7.43. The van der Waals surface area contributed by atoms with Gasteiger partial charge in [-0.25, -0.2) is 0 Å². The van der Waals surface area contributed by atoms with Crippen LogP contribution >= 0.6 is 0 Å². The first-order valence-electron chi connectivity index (χ1n) is 9.41. The summed E-state index contributed by atoms with van der Waals surface area (Å²) in [4.78, 5) is 27.3. The number of carbonyl (C=O) groups excluding carboxylic acids is 2. The van der Waals surface area contributed by atoms with Crippen LogP contribution in [0.1, 0.15) is 34.3 Å². The van der Waals surface area contributed by atoms with Crippen molar-refractivity contribution in [2.75, 3.05) is 0 Å². The van der Waals surface area contributed by atoms with Crippen molar-refractivity contribution in [1.29, 1.82) is 0 Å². The van der Waals surface area contributed by atoms with E-state index in [4.69, 9.17) is 4.42 Å². The van der Waals surface area contributed by atoms with Crippen molar-refractivity contribution in [2.45, 2.75) is 26.4 Å². The molecule has 1 unspecified atom stereocenters. The molecule has 2 aromatic carbocycles. The third-order valence-electron chi connectivity index (χ3n) is 5.09. The molecule has 0 radical (unpaired) electrons. The molecule has 146 valence electrons. The quantitative estimate of drug-likeness (QED) is 0.406. The summed E-state index contributed by atoms with van der Waals surface area (Å²) in [5.74, 6) is -0.440. The van der Waals surface area contributed by atoms with Crippen LogP contribution in [0.5, 0.6) is 0 Å². The average Bonchev–Trinajstić information content (AvgIpc) is 3.25. The number of aliphatic hydroxyl groups is 1. The molecule has 1 aliphatic rings. The van der Waals surface area contributed by atoms with Crippen molar-refractivity contribution in [3.63, 3.8) is 0 Å². The number of aryl methyl sites for hydroxylation is 2. The predicted octanol–water partition coefficient (Wildman–Crippen LogP) is 4.52. The van der Waals surface area contributed by atoms with Crippen LogP contribution in [0.4, 0.5) is 0 Å². The minimum absolute atomic E-state index is 0.0455. The van der Waals surface area contributed by atoms with E-state index in [-0.39, 0.29) is 17.9 Å². The Labute approximate surface area is 168 Å². The molecule has 1 saturated heterocycles. The number of hydrogen-bond donors (Lipinski definition) is 1. The van der Waals surface area contributed by atoms with E-state index < -0.39 is 17.7 Å². The molecule has 0 saturated carbocycles. The van der Waals surface area contributed by atoms with Crippen molar-refractivity contribution < 1.29 is 19.1 Å². The van der Waals surface area contributed by atoms with Crippen LogP contribution in [0.25, 0.3) is 5.76 Å². The van der Waals surface area contributed by atoms with Crippen LogP contribution in [0.3, 0.4) is 0 Å². The topological polar surface area (TPSA) is 70.8 Å². The lowest BCUT2D eigenvalue weighted by atomic mass is 9.98. The molecular formula is C24H21NO4. The predicted molar refractivity (Wildman–Crippen MR) is 109 cm³/mol. The molecule has 1 aromatic heterocycles. The first-order chi connectivity index (χ1) is 14.0. The normalized spacial score (nSPS) is 18.4. The maximum Gasteiger partial charge on any atom is 0.296 e. The minimum Gasteiger partial charge on any atom is -0.507 e. The van der Waals surface area contributed by atoms with Crippen LogP contribution in [0.2, 0.25) is 0 Å². The van der Waals surface area contributed by atoms with E-state index in [0.717, 1.165) is 11.1 Å². The molecule has 0 aliphatic carbocycles. The van der Waals surface area contributed by atoms with Crippen LogP contribution < -0.4 is 0 Å². The largest absolute Gasteiger partial charge is 0.507 e. The molecule has 4 rings (SSSR count). The van der Waals surface area contributed by atoms with E-state index in [9.17, 15) is 14.7 Å². The zero-order valence-electron chi connectivity index (χ0n) is 16.3. The second-order valence-corrected chi connectivity index (χ2v) is 7.23. The van der Waals surface area contributed by atoms with Gasteiger partial charge in [-0.1, -0.05) is 60.2 Å². The Morgan fingerprint density at radius 1 is 0.966 bits per heavy atom. The monoisotopic (exact) mass is 387 g/mol. The fraction of sp³-hybridized carbons (Fsp3) is 0.167. The molecule has 1 amide bonds. The number of carbonyl (C=O) groups is 2. The molecule has 1 atom stereocenters. The zero-order valence-corrected chi connectivity index (χ0v) is 16.3. The number of nitrogens with zero attached hydrogens (tertiary/aromatic N) is 1. The summed E-state index contributed by atoms with van der Waals surface area (Å²) in [6, 6.07) is 19.3. The van der Waals surface area contributed by atoms with Crippen molar-refractivity contribution in [2.24, 2.45) is 0 Å².